The van der Waals surface area contributed by atoms with Crippen LogP contribution < -0.4 is 5.73 Å². The minimum absolute atomic E-state index is 0.742. The van der Waals surface area contributed by atoms with Gasteiger partial charge in [-0.25, -0.2) is 4.31 Å². The van der Waals surface area contributed by atoms with Gasteiger partial charge in [-0.05, 0) is 61.5 Å². The van der Waals surface area contributed by atoms with Crippen LogP contribution in [0.5, 0.6) is 0 Å². The first-order valence-electron chi connectivity index (χ1n) is 6.85. The highest BCUT2D eigenvalue weighted by Crippen LogP contribution is 2.43. The van der Waals surface area contributed by atoms with E-state index in [2.05, 4.69) is 21.3 Å². The van der Waals surface area contributed by atoms with Crippen LogP contribution >= 0.6 is 11.9 Å². The minimum Gasteiger partial charge on any atom is -0.399 e. The van der Waals surface area contributed by atoms with Crippen LogP contribution in [0.15, 0.2) is 23.1 Å². The zero-order valence-electron chi connectivity index (χ0n) is 10.5. The molecule has 5 rings (SSSR count). The van der Waals surface area contributed by atoms with E-state index in [0.717, 1.165) is 24.2 Å². The molecule has 2 bridgehead atoms. The molecule has 4 aliphatic rings. The topological polar surface area (TPSA) is 32.5 Å². The molecule has 18 heavy (non-hydrogen) atoms. The van der Waals surface area contributed by atoms with Crippen molar-refractivity contribution in [2.45, 2.75) is 30.3 Å². The summed E-state index contributed by atoms with van der Waals surface area (Å²) in [5.74, 6) is 0.911. The van der Waals surface area contributed by atoms with E-state index in [4.69, 9.17) is 5.73 Å². The van der Waals surface area contributed by atoms with Crippen LogP contribution in [-0.2, 0) is 6.54 Å². The van der Waals surface area contributed by atoms with Gasteiger partial charge in [-0.1, -0.05) is 6.07 Å². The summed E-state index contributed by atoms with van der Waals surface area (Å²) in [6, 6.07) is 7.09. The number of piperidine rings is 3. The van der Waals surface area contributed by atoms with Gasteiger partial charge in [0.2, 0.25) is 0 Å². The fourth-order valence-corrected chi connectivity index (χ4v) is 4.83. The number of rotatable bonds is 1. The Morgan fingerprint density at radius 1 is 1.22 bits per heavy atom. The van der Waals surface area contributed by atoms with E-state index in [9.17, 15) is 0 Å². The molecule has 4 heteroatoms. The largest absolute Gasteiger partial charge is 0.399 e. The molecule has 0 saturated carbocycles. The molecule has 2 N–H and O–H groups in total. The number of nitrogens with two attached hydrogens (primary N) is 1. The van der Waals surface area contributed by atoms with Gasteiger partial charge in [0, 0.05) is 29.7 Å². The zero-order valence-corrected chi connectivity index (χ0v) is 11.3. The summed E-state index contributed by atoms with van der Waals surface area (Å²) in [5.41, 5.74) is 8.21. The second-order valence-electron chi connectivity index (χ2n) is 5.74. The van der Waals surface area contributed by atoms with Gasteiger partial charge in [-0.3, -0.25) is 0 Å². The number of anilines is 1. The van der Waals surface area contributed by atoms with Crippen molar-refractivity contribution in [2.75, 3.05) is 25.4 Å². The molecular weight excluding hydrogens is 242 g/mol. The maximum Gasteiger partial charge on any atom is 0.0366 e. The molecule has 1 aromatic rings. The van der Waals surface area contributed by atoms with Crippen LogP contribution in [-0.4, -0.2) is 34.9 Å². The predicted molar refractivity (Wildman–Crippen MR) is 75.2 cm³/mol. The van der Waals surface area contributed by atoms with Crippen LogP contribution in [0.25, 0.3) is 0 Å². The molecule has 0 amide bonds. The third-order valence-electron chi connectivity index (χ3n) is 4.62. The highest BCUT2D eigenvalue weighted by atomic mass is 32.2. The number of hydrogen-bond donors (Lipinski definition) is 1. The first-order chi connectivity index (χ1) is 8.79. The van der Waals surface area contributed by atoms with E-state index in [1.54, 1.807) is 0 Å². The molecule has 96 valence electrons. The van der Waals surface area contributed by atoms with E-state index >= 15 is 0 Å². The maximum atomic E-state index is 5.88. The van der Waals surface area contributed by atoms with Crippen LogP contribution in [0.2, 0.25) is 0 Å². The SMILES string of the molecule is Nc1ccc2c(c1)SN([C@@H]1CN3CCC1CC3)C2. The lowest BCUT2D eigenvalue weighted by Crippen LogP contribution is -2.54. The van der Waals surface area contributed by atoms with E-state index in [0.29, 0.717) is 0 Å². The van der Waals surface area contributed by atoms with Gasteiger partial charge >= 0.3 is 0 Å². The fourth-order valence-electron chi connectivity index (χ4n) is 3.56. The van der Waals surface area contributed by atoms with Crippen molar-refractivity contribution in [3.63, 3.8) is 0 Å². The van der Waals surface area contributed by atoms with Gasteiger partial charge in [0.05, 0.1) is 0 Å². The summed E-state index contributed by atoms with van der Waals surface area (Å²) in [5, 5.41) is 0. The Morgan fingerprint density at radius 3 is 2.78 bits per heavy atom. The Morgan fingerprint density at radius 2 is 2.06 bits per heavy atom. The van der Waals surface area contributed by atoms with Crippen molar-refractivity contribution in [3.8, 4) is 0 Å². The second-order valence-corrected chi connectivity index (χ2v) is 6.83. The molecular formula is C14H19N3S. The molecule has 0 aromatic heterocycles. The molecule has 1 atom stereocenters. The smallest absolute Gasteiger partial charge is 0.0366 e. The Labute approximate surface area is 112 Å². The monoisotopic (exact) mass is 261 g/mol. The van der Waals surface area contributed by atoms with Gasteiger partial charge < -0.3 is 10.6 Å². The Hall–Kier alpha value is -0.710. The van der Waals surface area contributed by atoms with Crippen molar-refractivity contribution in [1.82, 2.24) is 9.21 Å². The molecule has 3 nitrogen and oxygen atoms in total. The number of nitrogen functional groups attached to an aromatic ring is 1. The Bertz CT molecular complexity index is 468. The van der Waals surface area contributed by atoms with Crippen LogP contribution in [0.3, 0.4) is 0 Å². The highest BCUT2D eigenvalue weighted by Gasteiger charge is 2.39. The minimum atomic E-state index is 0.742. The molecule has 4 aliphatic heterocycles. The molecule has 3 fully saturated rings. The molecule has 3 saturated heterocycles. The summed E-state index contributed by atoms with van der Waals surface area (Å²) in [4.78, 5) is 3.99. The van der Waals surface area contributed by atoms with Crippen molar-refractivity contribution in [3.05, 3.63) is 23.8 Å². The Balaban J connectivity index is 1.55. The number of nitrogens with zero attached hydrogens (tertiary/aromatic N) is 2. The molecule has 0 unspecified atom stereocenters. The van der Waals surface area contributed by atoms with E-state index < -0.39 is 0 Å². The van der Waals surface area contributed by atoms with Crippen molar-refractivity contribution >= 4 is 17.6 Å². The van der Waals surface area contributed by atoms with Crippen LogP contribution in [0, 0.1) is 5.92 Å². The average Bonchev–Trinajstić information content (AvgIpc) is 2.83. The first-order valence-corrected chi connectivity index (χ1v) is 7.62. The van der Waals surface area contributed by atoms with E-state index in [1.807, 2.05) is 18.0 Å². The normalized spacial score (nSPS) is 34.8. The van der Waals surface area contributed by atoms with E-state index in [-0.39, 0.29) is 0 Å². The zero-order chi connectivity index (χ0) is 12.1. The van der Waals surface area contributed by atoms with Crippen LogP contribution in [0.4, 0.5) is 5.69 Å². The summed E-state index contributed by atoms with van der Waals surface area (Å²) >= 11 is 1.92. The van der Waals surface area contributed by atoms with Gasteiger partial charge in [-0.15, -0.1) is 0 Å². The number of fused-ring (bicyclic) bond motifs is 4. The third kappa shape index (κ3) is 1.75. The number of hydrogen-bond acceptors (Lipinski definition) is 4. The lowest BCUT2D eigenvalue weighted by molar-refractivity contribution is 0.0420. The second kappa shape index (κ2) is 4.15. The summed E-state index contributed by atoms with van der Waals surface area (Å²) in [6.07, 6.45) is 2.78. The quantitative estimate of drug-likeness (QED) is 0.620. The summed E-state index contributed by atoms with van der Waals surface area (Å²) < 4.78 is 2.60. The lowest BCUT2D eigenvalue weighted by atomic mass is 9.84. The van der Waals surface area contributed by atoms with Gasteiger partial charge in [0.25, 0.3) is 0 Å². The molecule has 0 aliphatic carbocycles. The van der Waals surface area contributed by atoms with Crippen molar-refractivity contribution < 1.29 is 0 Å². The van der Waals surface area contributed by atoms with Gasteiger partial charge in [0.15, 0.2) is 0 Å². The third-order valence-corrected chi connectivity index (χ3v) is 5.84. The van der Waals surface area contributed by atoms with Crippen molar-refractivity contribution in [1.29, 1.82) is 0 Å². The lowest BCUT2D eigenvalue weighted by Gasteiger charge is -2.47. The van der Waals surface area contributed by atoms with Crippen molar-refractivity contribution in [2.24, 2.45) is 5.92 Å². The summed E-state index contributed by atoms with van der Waals surface area (Å²) in [6.45, 7) is 5.00. The highest BCUT2D eigenvalue weighted by molar-refractivity contribution is 7.97. The predicted octanol–water partition coefficient (Wildman–Crippen LogP) is 2.19. The van der Waals surface area contributed by atoms with Gasteiger partial charge in [-0.2, -0.15) is 0 Å². The first kappa shape index (κ1) is 11.1. The maximum absolute atomic E-state index is 5.88. The summed E-state index contributed by atoms with van der Waals surface area (Å²) in [7, 11) is 0. The molecule has 0 radical (unpaired) electrons. The molecule has 4 heterocycles. The molecule has 0 spiro atoms. The van der Waals surface area contributed by atoms with E-state index in [1.165, 1.54) is 42.9 Å². The van der Waals surface area contributed by atoms with Crippen LogP contribution in [0.1, 0.15) is 18.4 Å². The standard InChI is InChI=1S/C14H19N3S/c15-12-2-1-11-8-17(18-14(11)7-12)13-9-16-5-3-10(13)4-6-16/h1-2,7,10,13H,3-6,8-9,15H2/t13-/m1/s1. The fraction of sp³-hybridized carbons (Fsp3) is 0.571. The molecule has 1 aromatic carbocycles. The Kier molecular flexibility index (Phi) is 2.57. The number of benzene rings is 1. The average molecular weight is 261 g/mol. The van der Waals surface area contributed by atoms with Gasteiger partial charge in [0.1, 0.15) is 0 Å².